The minimum atomic E-state index is -0.288. The van der Waals surface area contributed by atoms with Gasteiger partial charge in [0.15, 0.2) is 0 Å². The molecule has 16 heavy (non-hydrogen) atoms. The molecular formula is C12H18O4. The summed E-state index contributed by atoms with van der Waals surface area (Å²) < 4.78 is 0. The van der Waals surface area contributed by atoms with Crippen LogP contribution in [0.15, 0.2) is 0 Å². The highest BCUT2D eigenvalue weighted by atomic mass is 17.3. The third-order valence-corrected chi connectivity index (χ3v) is 5.21. The van der Waals surface area contributed by atoms with Crippen LogP contribution in [0.2, 0.25) is 0 Å². The van der Waals surface area contributed by atoms with Crippen LogP contribution in [0.4, 0.5) is 0 Å². The fourth-order valence-corrected chi connectivity index (χ4v) is 4.41. The van der Waals surface area contributed by atoms with Crippen LogP contribution in [-0.4, -0.2) is 19.0 Å². The molecule has 0 N–H and O–H groups in total. The molecule has 0 aromatic heterocycles. The van der Waals surface area contributed by atoms with Gasteiger partial charge in [0.2, 0.25) is 6.29 Å². The Balaban J connectivity index is 1.78. The van der Waals surface area contributed by atoms with Crippen molar-refractivity contribution in [2.24, 2.45) is 17.3 Å². The molecule has 5 rings (SSSR count). The number of hydrogen-bond acceptors (Lipinski definition) is 4. The van der Waals surface area contributed by atoms with Gasteiger partial charge in [0.05, 0.1) is 12.7 Å². The van der Waals surface area contributed by atoms with Crippen LogP contribution in [0, 0.1) is 17.3 Å². The summed E-state index contributed by atoms with van der Waals surface area (Å²) in [6.07, 6.45) is 7.32. The molecule has 90 valence electrons. The molecule has 2 aliphatic carbocycles. The second-order valence-electron chi connectivity index (χ2n) is 5.74. The van der Waals surface area contributed by atoms with Crippen molar-refractivity contribution in [3.63, 3.8) is 0 Å². The van der Waals surface area contributed by atoms with Crippen LogP contribution in [0.1, 0.15) is 38.5 Å². The first-order chi connectivity index (χ1) is 7.89. The molecule has 2 saturated carbocycles. The first kappa shape index (κ1) is 9.83. The summed E-state index contributed by atoms with van der Waals surface area (Å²) >= 11 is 0. The topological polar surface area (TPSA) is 36.9 Å². The molecule has 0 radical (unpaired) electrons. The van der Waals surface area contributed by atoms with Crippen molar-refractivity contribution in [1.82, 2.24) is 0 Å². The Morgan fingerprint density at radius 2 is 1.88 bits per heavy atom. The molecule has 4 nitrogen and oxygen atoms in total. The lowest BCUT2D eigenvalue weighted by molar-refractivity contribution is -0.509. The molecule has 0 aromatic carbocycles. The van der Waals surface area contributed by atoms with E-state index in [-0.39, 0.29) is 17.8 Å². The molecule has 0 amide bonds. The average molecular weight is 226 g/mol. The van der Waals surface area contributed by atoms with Crippen LogP contribution in [0.5, 0.6) is 0 Å². The van der Waals surface area contributed by atoms with Gasteiger partial charge in [0, 0.05) is 5.41 Å². The maximum absolute atomic E-state index is 5.47. The maximum Gasteiger partial charge on any atom is 0.230 e. The molecule has 5 aliphatic rings. The Labute approximate surface area is 95.0 Å². The molecule has 3 aliphatic heterocycles. The lowest BCUT2D eigenvalue weighted by Crippen LogP contribution is -2.56. The van der Waals surface area contributed by atoms with Crippen molar-refractivity contribution in [3.05, 3.63) is 0 Å². The molecule has 3 saturated heterocycles. The molecule has 3 heterocycles. The molecule has 5 fully saturated rings. The summed E-state index contributed by atoms with van der Waals surface area (Å²) in [6, 6.07) is 0. The van der Waals surface area contributed by atoms with Crippen molar-refractivity contribution in [1.29, 1.82) is 0 Å². The summed E-state index contributed by atoms with van der Waals surface area (Å²) in [5, 5.41) is 0. The Bertz CT molecular complexity index is 281. The van der Waals surface area contributed by atoms with Crippen molar-refractivity contribution in [3.8, 4) is 0 Å². The zero-order chi connectivity index (χ0) is 10.6. The molecular weight excluding hydrogens is 208 g/mol. The standard InChI is InChI=1S/C12H18O4/c1-2-8-6-10-4-5-12(8)9(3-1)7-13-15-11(12)16-14-10/h8-11H,1-7H2. The van der Waals surface area contributed by atoms with Crippen molar-refractivity contribution >= 4 is 0 Å². The maximum atomic E-state index is 5.47. The second-order valence-corrected chi connectivity index (χ2v) is 5.74. The second kappa shape index (κ2) is 3.42. The van der Waals surface area contributed by atoms with Gasteiger partial charge >= 0.3 is 0 Å². The van der Waals surface area contributed by atoms with Crippen molar-refractivity contribution in [2.45, 2.75) is 50.9 Å². The monoisotopic (exact) mass is 226 g/mol. The number of rotatable bonds is 0. The number of hydrogen-bond donors (Lipinski definition) is 0. The van der Waals surface area contributed by atoms with Crippen LogP contribution in [0.3, 0.4) is 0 Å². The Kier molecular flexibility index (Phi) is 2.10. The van der Waals surface area contributed by atoms with Gasteiger partial charge in [-0.25, -0.2) is 19.6 Å². The zero-order valence-electron chi connectivity index (χ0n) is 9.39. The summed E-state index contributed by atoms with van der Waals surface area (Å²) in [6.45, 7) is 0.737. The summed E-state index contributed by atoms with van der Waals surface area (Å²) in [7, 11) is 0. The summed E-state index contributed by atoms with van der Waals surface area (Å²) in [5.41, 5.74) is 0.184. The minimum Gasteiger partial charge on any atom is -0.234 e. The average Bonchev–Trinajstić information content (AvgIpc) is 2.60. The number of fused-ring (bicyclic) bond motifs is 2. The SMILES string of the molecule is C1CC2COOC3OOC4CCC23C(C1)C4. The molecule has 4 heteroatoms. The highest BCUT2D eigenvalue weighted by molar-refractivity contribution is 5.03. The van der Waals surface area contributed by atoms with Crippen LogP contribution in [0.25, 0.3) is 0 Å². The van der Waals surface area contributed by atoms with E-state index in [4.69, 9.17) is 19.6 Å². The molecule has 5 unspecified atom stereocenters. The van der Waals surface area contributed by atoms with Gasteiger partial charge in [-0.1, -0.05) is 6.42 Å². The van der Waals surface area contributed by atoms with Crippen LogP contribution < -0.4 is 0 Å². The van der Waals surface area contributed by atoms with E-state index in [0.29, 0.717) is 11.8 Å². The summed E-state index contributed by atoms with van der Waals surface area (Å²) in [4.78, 5) is 21.5. The van der Waals surface area contributed by atoms with Crippen molar-refractivity contribution < 1.29 is 19.6 Å². The molecule has 0 aromatic rings. The van der Waals surface area contributed by atoms with Gasteiger partial charge in [-0.3, -0.25) is 0 Å². The Morgan fingerprint density at radius 3 is 2.88 bits per heavy atom. The lowest BCUT2D eigenvalue weighted by Gasteiger charge is -2.54. The quantitative estimate of drug-likeness (QED) is 0.593. The van der Waals surface area contributed by atoms with Crippen LogP contribution in [-0.2, 0) is 19.6 Å². The fourth-order valence-electron chi connectivity index (χ4n) is 4.41. The van der Waals surface area contributed by atoms with Gasteiger partial charge in [0.25, 0.3) is 0 Å². The van der Waals surface area contributed by atoms with Crippen LogP contribution >= 0.6 is 0 Å². The van der Waals surface area contributed by atoms with Gasteiger partial charge in [0.1, 0.15) is 0 Å². The first-order valence-electron chi connectivity index (χ1n) is 6.50. The Morgan fingerprint density at radius 1 is 0.938 bits per heavy atom. The van der Waals surface area contributed by atoms with E-state index in [9.17, 15) is 0 Å². The third kappa shape index (κ3) is 1.13. The lowest BCUT2D eigenvalue weighted by atomic mass is 9.53. The van der Waals surface area contributed by atoms with Gasteiger partial charge in [-0.15, -0.1) is 0 Å². The largest absolute Gasteiger partial charge is 0.234 e. The predicted octanol–water partition coefficient (Wildman–Crippen LogP) is 2.19. The fraction of sp³-hybridized carbons (Fsp3) is 1.00. The van der Waals surface area contributed by atoms with Gasteiger partial charge < -0.3 is 0 Å². The van der Waals surface area contributed by atoms with E-state index in [1.165, 1.54) is 25.7 Å². The van der Waals surface area contributed by atoms with E-state index >= 15 is 0 Å². The minimum absolute atomic E-state index is 0.184. The highest BCUT2D eigenvalue weighted by Crippen LogP contribution is 2.60. The Hall–Kier alpha value is -0.160. The first-order valence-corrected chi connectivity index (χ1v) is 6.50. The normalized spacial score (nSPS) is 55.5. The van der Waals surface area contributed by atoms with E-state index in [0.717, 1.165) is 19.4 Å². The van der Waals surface area contributed by atoms with Gasteiger partial charge in [-0.05, 0) is 43.9 Å². The van der Waals surface area contributed by atoms with E-state index in [1.807, 2.05) is 0 Å². The zero-order valence-corrected chi connectivity index (χ0v) is 9.39. The molecule has 1 spiro atoms. The van der Waals surface area contributed by atoms with E-state index in [1.54, 1.807) is 0 Å². The van der Waals surface area contributed by atoms with Gasteiger partial charge in [-0.2, -0.15) is 0 Å². The smallest absolute Gasteiger partial charge is 0.230 e. The third-order valence-electron chi connectivity index (χ3n) is 5.21. The molecule has 2 bridgehead atoms. The highest BCUT2D eigenvalue weighted by Gasteiger charge is 2.61. The molecule has 5 atom stereocenters. The van der Waals surface area contributed by atoms with Crippen molar-refractivity contribution in [2.75, 3.05) is 6.61 Å². The van der Waals surface area contributed by atoms with E-state index in [2.05, 4.69) is 0 Å². The summed E-state index contributed by atoms with van der Waals surface area (Å²) in [5.74, 6) is 1.31. The predicted molar refractivity (Wildman–Crippen MR) is 53.9 cm³/mol. The van der Waals surface area contributed by atoms with E-state index < -0.39 is 0 Å².